The maximum absolute atomic E-state index is 13.1. The Hall–Kier alpha value is -2.69. The molecule has 0 atom stereocenters. The summed E-state index contributed by atoms with van der Waals surface area (Å²) in [4.78, 5) is 16.3. The Morgan fingerprint density at radius 2 is 2.10 bits per heavy atom. The highest BCUT2D eigenvalue weighted by Gasteiger charge is 2.11. The van der Waals surface area contributed by atoms with Crippen molar-refractivity contribution in [1.29, 1.82) is 0 Å². The zero-order valence-corrected chi connectivity index (χ0v) is 10.8. The molecule has 2 aromatic heterocycles. The molecule has 0 aliphatic carbocycles. The van der Waals surface area contributed by atoms with Crippen molar-refractivity contribution in [2.75, 3.05) is 5.32 Å². The summed E-state index contributed by atoms with van der Waals surface area (Å²) >= 11 is 0. The molecule has 4 nitrogen and oxygen atoms in total. The van der Waals surface area contributed by atoms with E-state index in [4.69, 9.17) is 0 Å². The molecule has 1 amide bonds. The van der Waals surface area contributed by atoms with Crippen LogP contribution >= 0.6 is 0 Å². The third-order valence-electron chi connectivity index (χ3n) is 2.92. The highest BCUT2D eigenvalue weighted by molar-refractivity contribution is 6.03. The van der Waals surface area contributed by atoms with Crippen LogP contribution in [-0.4, -0.2) is 15.3 Å². The number of imidazole rings is 1. The number of hydrogen-bond donors (Lipinski definition) is 1. The molecule has 0 unspecified atom stereocenters. The molecule has 3 aromatic rings. The number of amides is 1. The SMILES string of the molecule is Cc1cccc(NC(=O)c2cn3cc(F)ccc3n2)c1. The number of carbonyl (C=O) groups is 1. The van der Waals surface area contributed by atoms with Crippen molar-refractivity contribution in [1.82, 2.24) is 9.38 Å². The predicted octanol–water partition coefficient (Wildman–Crippen LogP) is 3.03. The number of fused-ring (bicyclic) bond motifs is 1. The van der Waals surface area contributed by atoms with Crippen LogP contribution in [0.25, 0.3) is 5.65 Å². The second-order valence-corrected chi connectivity index (χ2v) is 4.56. The molecule has 1 aromatic carbocycles. The summed E-state index contributed by atoms with van der Waals surface area (Å²) in [5.74, 6) is -0.694. The van der Waals surface area contributed by atoms with E-state index in [-0.39, 0.29) is 17.4 Å². The van der Waals surface area contributed by atoms with Crippen molar-refractivity contribution in [2.24, 2.45) is 0 Å². The standard InChI is InChI=1S/C15H12FN3O/c1-10-3-2-4-12(7-10)17-15(20)13-9-19-8-11(16)5-6-14(19)18-13/h2-9H,1H3,(H,17,20). The average Bonchev–Trinajstić information content (AvgIpc) is 2.81. The van der Waals surface area contributed by atoms with Crippen molar-refractivity contribution in [2.45, 2.75) is 6.92 Å². The topological polar surface area (TPSA) is 46.4 Å². The summed E-state index contributed by atoms with van der Waals surface area (Å²) in [5.41, 5.74) is 2.54. The van der Waals surface area contributed by atoms with Crippen LogP contribution in [0, 0.1) is 12.7 Å². The van der Waals surface area contributed by atoms with Gasteiger partial charge in [0.2, 0.25) is 0 Å². The van der Waals surface area contributed by atoms with E-state index < -0.39 is 0 Å². The molecule has 0 saturated heterocycles. The number of pyridine rings is 1. The van der Waals surface area contributed by atoms with E-state index in [0.29, 0.717) is 11.3 Å². The van der Waals surface area contributed by atoms with Crippen LogP contribution in [0.1, 0.15) is 16.1 Å². The summed E-state index contributed by atoms with van der Waals surface area (Å²) in [5, 5.41) is 2.77. The lowest BCUT2D eigenvalue weighted by atomic mass is 10.2. The van der Waals surface area contributed by atoms with Crippen LogP contribution in [0.5, 0.6) is 0 Å². The molecule has 0 aliphatic rings. The fraction of sp³-hybridized carbons (Fsp3) is 0.0667. The van der Waals surface area contributed by atoms with Gasteiger partial charge in [0.05, 0.1) is 0 Å². The van der Waals surface area contributed by atoms with Gasteiger partial charge >= 0.3 is 0 Å². The first-order chi connectivity index (χ1) is 9.61. The Morgan fingerprint density at radius 1 is 1.25 bits per heavy atom. The Balaban J connectivity index is 1.88. The number of nitrogens with zero attached hydrogens (tertiary/aromatic N) is 2. The van der Waals surface area contributed by atoms with E-state index in [1.165, 1.54) is 28.9 Å². The lowest BCUT2D eigenvalue weighted by Gasteiger charge is -2.03. The van der Waals surface area contributed by atoms with Crippen LogP contribution in [0.15, 0.2) is 48.8 Å². The number of anilines is 1. The maximum atomic E-state index is 13.1. The third kappa shape index (κ3) is 2.38. The van der Waals surface area contributed by atoms with E-state index in [1.807, 2.05) is 25.1 Å². The van der Waals surface area contributed by atoms with Crippen molar-refractivity contribution in [3.05, 3.63) is 65.9 Å². The molecule has 3 rings (SSSR count). The molecule has 2 heterocycles. The van der Waals surface area contributed by atoms with Crippen molar-refractivity contribution in [3.63, 3.8) is 0 Å². The molecular weight excluding hydrogens is 257 g/mol. The van der Waals surface area contributed by atoms with Gasteiger partial charge in [0.25, 0.3) is 5.91 Å². The van der Waals surface area contributed by atoms with Gasteiger partial charge in [-0.1, -0.05) is 12.1 Å². The molecule has 5 heteroatoms. The minimum absolute atomic E-state index is 0.247. The minimum atomic E-state index is -0.374. The molecule has 1 N–H and O–H groups in total. The van der Waals surface area contributed by atoms with Gasteiger partial charge in [-0.3, -0.25) is 4.79 Å². The zero-order valence-electron chi connectivity index (χ0n) is 10.8. The predicted molar refractivity (Wildman–Crippen MR) is 74.3 cm³/mol. The summed E-state index contributed by atoms with van der Waals surface area (Å²) in [6, 6.07) is 10.3. The second kappa shape index (κ2) is 4.77. The molecule has 20 heavy (non-hydrogen) atoms. The van der Waals surface area contributed by atoms with Crippen molar-refractivity contribution >= 4 is 17.2 Å². The van der Waals surface area contributed by atoms with Crippen LogP contribution < -0.4 is 5.32 Å². The molecular formula is C15H12FN3O. The quantitative estimate of drug-likeness (QED) is 0.777. The summed E-state index contributed by atoms with van der Waals surface area (Å²) in [6.07, 6.45) is 2.79. The molecule has 0 fully saturated rings. The van der Waals surface area contributed by atoms with E-state index in [1.54, 1.807) is 6.07 Å². The van der Waals surface area contributed by atoms with Crippen LogP contribution in [0.4, 0.5) is 10.1 Å². The number of benzene rings is 1. The smallest absolute Gasteiger partial charge is 0.275 e. The fourth-order valence-corrected chi connectivity index (χ4v) is 1.99. The third-order valence-corrected chi connectivity index (χ3v) is 2.92. The fourth-order valence-electron chi connectivity index (χ4n) is 1.99. The molecule has 0 aliphatic heterocycles. The lowest BCUT2D eigenvalue weighted by molar-refractivity contribution is 0.102. The maximum Gasteiger partial charge on any atom is 0.275 e. The van der Waals surface area contributed by atoms with E-state index in [0.717, 1.165) is 5.56 Å². The van der Waals surface area contributed by atoms with Gasteiger partial charge < -0.3 is 9.72 Å². The highest BCUT2D eigenvalue weighted by atomic mass is 19.1. The Morgan fingerprint density at radius 3 is 2.90 bits per heavy atom. The van der Waals surface area contributed by atoms with E-state index in [2.05, 4.69) is 10.3 Å². The Bertz CT molecular complexity index is 795. The Labute approximate surface area is 114 Å². The van der Waals surface area contributed by atoms with E-state index in [9.17, 15) is 9.18 Å². The normalized spacial score (nSPS) is 10.7. The number of rotatable bonds is 2. The number of hydrogen-bond acceptors (Lipinski definition) is 2. The van der Waals surface area contributed by atoms with Gasteiger partial charge in [0.15, 0.2) is 0 Å². The van der Waals surface area contributed by atoms with Gasteiger partial charge in [-0.2, -0.15) is 0 Å². The van der Waals surface area contributed by atoms with Crippen molar-refractivity contribution < 1.29 is 9.18 Å². The zero-order chi connectivity index (χ0) is 14.1. The average molecular weight is 269 g/mol. The van der Waals surface area contributed by atoms with Crippen molar-refractivity contribution in [3.8, 4) is 0 Å². The van der Waals surface area contributed by atoms with Gasteiger partial charge in [-0.05, 0) is 36.8 Å². The largest absolute Gasteiger partial charge is 0.321 e. The van der Waals surface area contributed by atoms with Crippen LogP contribution in [-0.2, 0) is 0 Å². The van der Waals surface area contributed by atoms with Gasteiger partial charge in [-0.25, -0.2) is 9.37 Å². The highest BCUT2D eigenvalue weighted by Crippen LogP contribution is 2.12. The van der Waals surface area contributed by atoms with Gasteiger partial charge in [-0.15, -0.1) is 0 Å². The summed E-state index contributed by atoms with van der Waals surface area (Å²) in [6.45, 7) is 1.95. The number of aryl methyl sites for hydroxylation is 1. The Kier molecular flexibility index (Phi) is 2.95. The van der Waals surface area contributed by atoms with Crippen LogP contribution in [0.3, 0.4) is 0 Å². The molecule has 0 bridgehead atoms. The first-order valence-electron chi connectivity index (χ1n) is 6.14. The molecule has 0 spiro atoms. The number of carbonyl (C=O) groups excluding carboxylic acids is 1. The van der Waals surface area contributed by atoms with E-state index >= 15 is 0 Å². The second-order valence-electron chi connectivity index (χ2n) is 4.56. The summed E-state index contributed by atoms with van der Waals surface area (Å²) < 4.78 is 14.6. The molecule has 100 valence electrons. The molecule has 0 radical (unpaired) electrons. The lowest BCUT2D eigenvalue weighted by Crippen LogP contribution is -2.12. The summed E-state index contributed by atoms with van der Waals surface area (Å²) in [7, 11) is 0. The van der Waals surface area contributed by atoms with Gasteiger partial charge in [0, 0.05) is 18.1 Å². The number of halogens is 1. The number of aromatic nitrogens is 2. The minimum Gasteiger partial charge on any atom is -0.321 e. The first kappa shape index (κ1) is 12.3. The monoisotopic (exact) mass is 269 g/mol. The van der Waals surface area contributed by atoms with Gasteiger partial charge in [0.1, 0.15) is 17.2 Å². The number of nitrogens with one attached hydrogen (secondary N) is 1. The van der Waals surface area contributed by atoms with Crippen LogP contribution in [0.2, 0.25) is 0 Å². The first-order valence-corrected chi connectivity index (χ1v) is 6.14. The molecule has 0 saturated carbocycles.